The lowest BCUT2D eigenvalue weighted by molar-refractivity contribution is 1.22. The molecule has 0 fully saturated rings. The Hall–Kier alpha value is -0.580. The van der Waals surface area contributed by atoms with Gasteiger partial charge >= 0.3 is 0 Å². The van der Waals surface area contributed by atoms with Gasteiger partial charge in [0.15, 0.2) is 10.2 Å². The minimum Gasteiger partial charge on any atom is -0.164 e. The summed E-state index contributed by atoms with van der Waals surface area (Å²) in [6.45, 7) is 4.17. The maximum Gasteiger partial charge on any atom is 0.177 e. The van der Waals surface area contributed by atoms with Crippen molar-refractivity contribution in [3.63, 3.8) is 0 Å². The summed E-state index contributed by atoms with van der Waals surface area (Å²) in [4.78, 5) is 1.18. The van der Waals surface area contributed by atoms with E-state index in [1.165, 1.54) is 16.0 Å². The second-order valence-corrected chi connectivity index (χ2v) is 5.15. The van der Waals surface area contributed by atoms with E-state index in [0.29, 0.717) is 5.15 Å². The molecule has 0 aliphatic rings. The predicted molar refractivity (Wildman–Crippen MR) is 65.0 cm³/mol. The first-order chi connectivity index (χ1) is 7.16. The standard InChI is InChI=1S/C10H9ClN2S2/c1-6-3-4-8(7(2)5-6)14-10-9(11)12-15-13-10/h3-5H,1-2H3. The average Bonchev–Trinajstić information content (AvgIpc) is 2.57. The van der Waals surface area contributed by atoms with Crippen molar-refractivity contribution in [1.29, 1.82) is 0 Å². The van der Waals surface area contributed by atoms with Crippen LogP contribution in [0.25, 0.3) is 0 Å². The molecule has 78 valence electrons. The molecule has 0 N–H and O–H groups in total. The van der Waals surface area contributed by atoms with E-state index in [-0.39, 0.29) is 0 Å². The Morgan fingerprint density at radius 1 is 1.27 bits per heavy atom. The van der Waals surface area contributed by atoms with Crippen LogP contribution in [0.2, 0.25) is 5.15 Å². The molecule has 0 amide bonds. The lowest BCUT2D eigenvalue weighted by Gasteiger charge is -2.03. The van der Waals surface area contributed by atoms with E-state index in [4.69, 9.17) is 11.6 Å². The predicted octanol–water partition coefficient (Wildman–Crippen LogP) is 3.96. The van der Waals surface area contributed by atoms with Gasteiger partial charge in [0, 0.05) is 4.90 Å². The molecule has 0 bridgehead atoms. The van der Waals surface area contributed by atoms with E-state index < -0.39 is 0 Å². The number of hydrogen-bond donors (Lipinski definition) is 0. The van der Waals surface area contributed by atoms with Crippen LogP contribution in [0.3, 0.4) is 0 Å². The van der Waals surface area contributed by atoms with E-state index >= 15 is 0 Å². The fraction of sp³-hybridized carbons (Fsp3) is 0.200. The first kappa shape index (κ1) is 10.9. The third-order valence-electron chi connectivity index (χ3n) is 1.96. The molecule has 0 unspecified atom stereocenters. The van der Waals surface area contributed by atoms with Crippen LogP contribution in [0.5, 0.6) is 0 Å². The highest BCUT2D eigenvalue weighted by Crippen LogP contribution is 2.33. The van der Waals surface area contributed by atoms with Gasteiger partial charge in [0.25, 0.3) is 0 Å². The monoisotopic (exact) mass is 256 g/mol. The zero-order valence-electron chi connectivity index (χ0n) is 8.32. The van der Waals surface area contributed by atoms with Crippen molar-refractivity contribution in [3.8, 4) is 0 Å². The minimum atomic E-state index is 0.491. The molecule has 0 atom stereocenters. The topological polar surface area (TPSA) is 25.8 Å². The average molecular weight is 257 g/mol. The molecule has 5 heteroatoms. The Balaban J connectivity index is 2.29. The van der Waals surface area contributed by atoms with Gasteiger partial charge in [-0.3, -0.25) is 0 Å². The Morgan fingerprint density at radius 3 is 2.67 bits per heavy atom. The molecule has 1 aromatic carbocycles. The van der Waals surface area contributed by atoms with Crippen molar-refractivity contribution < 1.29 is 0 Å². The number of benzene rings is 1. The molecule has 0 saturated carbocycles. The first-order valence-electron chi connectivity index (χ1n) is 4.40. The molecule has 2 rings (SSSR count). The van der Waals surface area contributed by atoms with E-state index in [1.54, 1.807) is 11.8 Å². The van der Waals surface area contributed by atoms with Crippen LogP contribution in [0.15, 0.2) is 28.1 Å². The van der Waals surface area contributed by atoms with E-state index in [1.807, 2.05) is 0 Å². The van der Waals surface area contributed by atoms with Gasteiger partial charge in [0.2, 0.25) is 0 Å². The molecule has 15 heavy (non-hydrogen) atoms. The van der Waals surface area contributed by atoms with Crippen LogP contribution in [0, 0.1) is 13.8 Å². The molecule has 1 aromatic heterocycles. The van der Waals surface area contributed by atoms with Gasteiger partial charge < -0.3 is 0 Å². The third kappa shape index (κ3) is 2.51. The summed E-state index contributed by atoms with van der Waals surface area (Å²) in [5, 5.41) is 1.28. The van der Waals surface area contributed by atoms with E-state index in [9.17, 15) is 0 Å². The summed E-state index contributed by atoms with van der Waals surface area (Å²) in [7, 11) is 0. The molecule has 0 saturated heterocycles. The SMILES string of the molecule is Cc1ccc(Sc2nsnc2Cl)c(C)c1. The van der Waals surface area contributed by atoms with Crippen LogP contribution in [-0.4, -0.2) is 8.75 Å². The normalized spacial score (nSPS) is 10.6. The highest BCUT2D eigenvalue weighted by Gasteiger charge is 2.08. The molecule has 1 heterocycles. The molecular formula is C10H9ClN2S2. The summed E-state index contributed by atoms with van der Waals surface area (Å²) < 4.78 is 8.07. The second kappa shape index (κ2) is 4.51. The maximum atomic E-state index is 5.89. The highest BCUT2D eigenvalue weighted by atomic mass is 35.5. The van der Waals surface area contributed by atoms with Crippen LogP contribution in [0.1, 0.15) is 11.1 Å². The van der Waals surface area contributed by atoms with E-state index in [2.05, 4.69) is 40.8 Å². The van der Waals surface area contributed by atoms with Gasteiger partial charge in [-0.2, -0.15) is 8.75 Å². The van der Waals surface area contributed by atoms with Crippen molar-refractivity contribution in [2.45, 2.75) is 23.8 Å². The maximum absolute atomic E-state index is 5.89. The van der Waals surface area contributed by atoms with Gasteiger partial charge in [-0.15, -0.1) is 0 Å². The summed E-state index contributed by atoms with van der Waals surface area (Å²) in [6, 6.07) is 6.32. The van der Waals surface area contributed by atoms with Crippen molar-refractivity contribution in [2.24, 2.45) is 0 Å². The van der Waals surface area contributed by atoms with Crippen molar-refractivity contribution in [2.75, 3.05) is 0 Å². The number of nitrogens with zero attached hydrogens (tertiary/aromatic N) is 2. The first-order valence-corrected chi connectivity index (χ1v) is 6.32. The van der Waals surface area contributed by atoms with Gasteiger partial charge in [-0.05, 0) is 25.5 Å². The molecule has 0 aliphatic heterocycles. The van der Waals surface area contributed by atoms with Crippen molar-refractivity contribution in [3.05, 3.63) is 34.5 Å². The number of aryl methyl sites for hydroxylation is 2. The number of hydrogen-bond acceptors (Lipinski definition) is 4. The quantitative estimate of drug-likeness (QED) is 0.813. The highest BCUT2D eigenvalue weighted by molar-refractivity contribution is 7.99. The Morgan fingerprint density at radius 2 is 2.07 bits per heavy atom. The molecule has 0 aliphatic carbocycles. The number of rotatable bonds is 2. The number of aromatic nitrogens is 2. The summed E-state index contributed by atoms with van der Waals surface area (Å²) >= 11 is 8.59. The molecule has 2 nitrogen and oxygen atoms in total. The lowest BCUT2D eigenvalue weighted by Crippen LogP contribution is -1.82. The van der Waals surface area contributed by atoms with Crippen molar-refractivity contribution in [1.82, 2.24) is 8.75 Å². The fourth-order valence-electron chi connectivity index (χ4n) is 1.25. The molecular weight excluding hydrogens is 248 g/mol. The fourth-order valence-corrected chi connectivity index (χ4v) is 2.91. The summed E-state index contributed by atoms with van der Waals surface area (Å²) in [5.41, 5.74) is 2.50. The molecule has 0 spiro atoms. The Labute approximate surface area is 102 Å². The van der Waals surface area contributed by atoms with E-state index in [0.717, 1.165) is 16.8 Å². The van der Waals surface area contributed by atoms with Crippen molar-refractivity contribution >= 4 is 35.1 Å². The van der Waals surface area contributed by atoms with Gasteiger partial charge in [0.05, 0.1) is 11.7 Å². The van der Waals surface area contributed by atoms with Crippen LogP contribution in [-0.2, 0) is 0 Å². The molecule has 0 radical (unpaired) electrons. The lowest BCUT2D eigenvalue weighted by atomic mass is 10.2. The minimum absolute atomic E-state index is 0.491. The van der Waals surface area contributed by atoms with Crippen LogP contribution >= 0.6 is 35.1 Å². The Bertz CT molecular complexity index is 482. The van der Waals surface area contributed by atoms with Crippen LogP contribution in [0.4, 0.5) is 0 Å². The zero-order valence-corrected chi connectivity index (χ0v) is 10.7. The summed E-state index contributed by atoms with van der Waals surface area (Å²) in [5.74, 6) is 0. The number of halogens is 1. The van der Waals surface area contributed by atoms with Gasteiger partial charge in [-0.25, -0.2) is 0 Å². The smallest absolute Gasteiger partial charge is 0.164 e. The van der Waals surface area contributed by atoms with Gasteiger partial charge in [-0.1, -0.05) is 41.1 Å². The van der Waals surface area contributed by atoms with Gasteiger partial charge in [0.1, 0.15) is 0 Å². The third-order valence-corrected chi connectivity index (χ3v) is 4.23. The zero-order chi connectivity index (χ0) is 10.8. The summed E-state index contributed by atoms with van der Waals surface area (Å²) in [6.07, 6.45) is 0. The second-order valence-electron chi connectivity index (χ2n) is 3.23. The van der Waals surface area contributed by atoms with Crippen LogP contribution < -0.4 is 0 Å². The molecule has 2 aromatic rings. The largest absolute Gasteiger partial charge is 0.177 e. The Kier molecular flexibility index (Phi) is 3.29.